The molecule has 0 fully saturated rings. The number of nitrogens with zero attached hydrogens (tertiary/aromatic N) is 1. The van der Waals surface area contributed by atoms with Gasteiger partial charge in [-0.25, -0.2) is 4.98 Å². The number of aryl methyl sites for hydroxylation is 2. The monoisotopic (exact) mass is 467 g/mol. The van der Waals surface area contributed by atoms with Crippen molar-refractivity contribution < 1.29 is 0 Å². The van der Waals surface area contributed by atoms with Crippen LogP contribution in [0.25, 0.3) is 21.3 Å². The maximum absolute atomic E-state index is 12.9. The second kappa shape index (κ2) is 8.22. The van der Waals surface area contributed by atoms with Crippen LogP contribution < -0.4 is 10.9 Å². The van der Waals surface area contributed by atoms with Crippen LogP contribution >= 0.6 is 27.3 Å². The van der Waals surface area contributed by atoms with Crippen molar-refractivity contribution >= 4 is 37.5 Å². The Bertz CT molecular complexity index is 1230. The van der Waals surface area contributed by atoms with Crippen LogP contribution in [0, 0.1) is 13.8 Å². The number of nitrogens with one attached hydrogen (secondary N) is 2. The summed E-state index contributed by atoms with van der Waals surface area (Å²) in [6.45, 7) is 6.70. The van der Waals surface area contributed by atoms with Gasteiger partial charge >= 0.3 is 0 Å². The van der Waals surface area contributed by atoms with E-state index in [0.717, 1.165) is 25.3 Å². The summed E-state index contributed by atoms with van der Waals surface area (Å²) in [7, 11) is 0. The quantitative estimate of drug-likeness (QED) is 0.385. The number of halogens is 1. The fraction of sp³-hybridized carbons (Fsp3) is 0.217. The minimum absolute atomic E-state index is 0.0831. The van der Waals surface area contributed by atoms with E-state index in [2.05, 4.69) is 70.4 Å². The normalized spacial score (nSPS) is 12.4. The number of aromatic amines is 1. The molecule has 1 unspecified atom stereocenters. The summed E-state index contributed by atoms with van der Waals surface area (Å²) in [5.74, 6) is 0.651. The third-order valence-electron chi connectivity index (χ3n) is 5.07. The van der Waals surface area contributed by atoms with Crippen molar-refractivity contribution in [1.82, 2.24) is 15.3 Å². The Hall–Kier alpha value is -2.28. The number of benzene rings is 2. The van der Waals surface area contributed by atoms with Gasteiger partial charge in [-0.3, -0.25) is 4.79 Å². The maximum atomic E-state index is 12.9. The van der Waals surface area contributed by atoms with Crippen molar-refractivity contribution in [1.29, 1.82) is 0 Å². The molecule has 148 valence electrons. The molecule has 0 aliphatic rings. The van der Waals surface area contributed by atoms with E-state index >= 15 is 0 Å². The zero-order chi connectivity index (χ0) is 20.5. The van der Waals surface area contributed by atoms with Crippen LogP contribution in [0.2, 0.25) is 0 Å². The van der Waals surface area contributed by atoms with Gasteiger partial charge in [-0.15, -0.1) is 11.3 Å². The summed E-state index contributed by atoms with van der Waals surface area (Å²) in [5, 5.41) is 4.13. The fourth-order valence-electron chi connectivity index (χ4n) is 3.50. The molecule has 2 aromatic carbocycles. The Kier molecular flexibility index (Phi) is 5.67. The predicted octanol–water partition coefficient (Wildman–Crippen LogP) is 5.88. The van der Waals surface area contributed by atoms with Crippen molar-refractivity contribution in [2.24, 2.45) is 0 Å². The first-order valence-electron chi connectivity index (χ1n) is 9.51. The average molecular weight is 468 g/mol. The second-order valence-electron chi connectivity index (χ2n) is 7.22. The molecule has 0 bridgehead atoms. The van der Waals surface area contributed by atoms with E-state index in [1.165, 1.54) is 11.1 Å². The van der Waals surface area contributed by atoms with Crippen LogP contribution in [0.4, 0.5) is 0 Å². The van der Waals surface area contributed by atoms with Gasteiger partial charge in [-0.1, -0.05) is 64.0 Å². The average Bonchev–Trinajstić information content (AvgIpc) is 3.03. The lowest BCUT2D eigenvalue weighted by atomic mass is 10.0. The first kappa shape index (κ1) is 20.0. The summed E-state index contributed by atoms with van der Waals surface area (Å²) in [5.41, 5.74) is 4.33. The topological polar surface area (TPSA) is 57.8 Å². The highest BCUT2D eigenvalue weighted by Crippen LogP contribution is 2.35. The molecule has 0 radical (unpaired) electrons. The molecule has 0 amide bonds. The summed E-state index contributed by atoms with van der Waals surface area (Å²) in [6, 6.07) is 16.5. The number of hydrogen-bond donors (Lipinski definition) is 2. The fourth-order valence-corrected chi connectivity index (χ4v) is 5.19. The van der Waals surface area contributed by atoms with Gasteiger partial charge in [-0.05, 0) is 38.0 Å². The molecular formula is C23H22BrN3OS. The van der Waals surface area contributed by atoms with Gasteiger partial charge in [-0.2, -0.15) is 0 Å². The van der Waals surface area contributed by atoms with E-state index < -0.39 is 0 Å². The molecule has 0 saturated heterocycles. The Morgan fingerprint density at radius 2 is 1.86 bits per heavy atom. The smallest absolute Gasteiger partial charge is 0.260 e. The first-order chi connectivity index (χ1) is 13.9. The Morgan fingerprint density at radius 1 is 1.14 bits per heavy atom. The maximum Gasteiger partial charge on any atom is 0.260 e. The predicted molar refractivity (Wildman–Crippen MR) is 125 cm³/mol. The van der Waals surface area contributed by atoms with E-state index in [1.54, 1.807) is 11.3 Å². The van der Waals surface area contributed by atoms with Crippen molar-refractivity contribution in [2.45, 2.75) is 33.4 Å². The standard InChI is InChI=1S/C23H22BrN3OS/c1-13-8-10-16(11-9-13)20-15(3)29-23-21(20)22(28)26-19(27-23)12-25-14(2)17-6-4-5-7-18(17)24/h4-11,14,25H,12H2,1-3H3,(H,26,27,28). The number of rotatable bonds is 5. The van der Waals surface area contributed by atoms with E-state index in [0.29, 0.717) is 17.8 Å². The zero-order valence-corrected chi connectivity index (χ0v) is 18.9. The largest absolute Gasteiger partial charge is 0.309 e. The highest BCUT2D eigenvalue weighted by Gasteiger charge is 2.17. The highest BCUT2D eigenvalue weighted by molar-refractivity contribution is 9.10. The van der Waals surface area contributed by atoms with Crippen molar-refractivity contribution in [2.75, 3.05) is 0 Å². The molecule has 0 spiro atoms. The summed E-state index contributed by atoms with van der Waals surface area (Å²) in [4.78, 5) is 22.5. The van der Waals surface area contributed by atoms with Gasteiger partial charge < -0.3 is 10.3 Å². The molecule has 1 atom stereocenters. The van der Waals surface area contributed by atoms with Gasteiger partial charge in [0.05, 0.1) is 11.9 Å². The van der Waals surface area contributed by atoms with Crippen molar-refractivity contribution in [3.63, 3.8) is 0 Å². The number of H-pyrrole nitrogens is 1. The van der Waals surface area contributed by atoms with Crippen LogP contribution in [0.1, 0.15) is 34.8 Å². The first-order valence-corrected chi connectivity index (χ1v) is 11.1. The van der Waals surface area contributed by atoms with Crippen molar-refractivity contribution in [3.05, 3.63) is 85.2 Å². The molecule has 4 aromatic rings. The SMILES string of the molecule is Cc1ccc(-c2c(C)sc3nc(CNC(C)c4ccccc4Br)[nH]c(=O)c23)cc1. The van der Waals surface area contributed by atoms with Crippen molar-refractivity contribution in [3.8, 4) is 11.1 Å². The Labute approximate surface area is 182 Å². The van der Waals surface area contributed by atoms with E-state index in [1.807, 2.05) is 25.1 Å². The zero-order valence-electron chi connectivity index (χ0n) is 16.5. The van der Waals surface area contributed by atoms with E-state index in [-0.39, 0.29) is 11.6 Å². The molecule has 0 saturated carbocycles. The van der Waals surface area contributed by atoms with Gasteiger partial charge in [0.25, 0.3) is 5.56 Å². The number of hydrogen-bond acceptors (Lipinski definition) is 4. The van der Waals surface area contributed by atoms with Crippen LogP contribution in [-0.4, -0.2) is 9.97 Å². The lowest BCUT2D eigenvalue weighted by Crippen LogP contribution is -2.22. The highest BCUT2D eigenvalue weighted by atomic mass is 79.9. The molecule has 0 aliphatic heterocycles. The minimum atomic E-state index is -0.0831. The summed E-state index contributed by atoms with van der Waals surface area (Å²) >= 11 is 5.17. The summed E-state index contributed by atoms with van der Waals surface area (Å²) in [6.07, 6.45) is 0. The Balaban J connectivity index is 1.64. The van der Waals surface area contributed by atoms with Crippen LogP contribution in [0.15, 0.2) is 57.8 Å². The van der Waals surface area contributed by atoms with Crippen LogP contribution in [0.3, 0.4) is 0 Å². The lowest BCUT2D eigenvalue weighted by molar-refractivity contribution is 0.558. The molecule has 2 N–H and O–H groups in total. The van der Waals surface area contributed by atoms with Crippen LogP contribution in [-0.2, 0) is 6.54 Å². The lowest BCUT2D eigenvalue weighted by Gasteiger charge is -2.15. The summed E-state index contributed by atoms with van der Waals surface area (Å²) < 4.78 is 1.06. The molecule has 2 heterocycles. The molecule has 0 aliphatic carbocycles. The molecule has 2 aromatic heterocycles. The number of fused-ring (bicyclic) bond motifs is 1. The van der Waals surface area contributed by atoms with E-state index in [9.17, 15) is 4.79 Å². The second-order valence-corrected chi connectivity index (χ2v) is 9.27. The van der Waals surface area contributed by atoms with Gasteiger partial charge in [0.1, 0.15) is 10.7 Å². The van der Waals surface area contributed by atoms with Crippen LogP contribution in [0.5, 0.6) is 0 Å². The van der Waals surface area contributed by atoms with Gasteiger partial charge in [0, 0.05) is 21.0 Å². The van der Waals surface area contributed by atoms with E-state index in [4.69, 9.17) is 4.98 Å². The molecular weight excluding hydrogens is 446 g/mol. The number of aromatic nitrogens is 2. The third kappa shape index (κ3) is 4.06. The van der Waals surface area contributed by atoms with Gasteiger partial charge in [0.2, 0.25) is 0 Å². The molecule has 29 heavy (non-hydrogen) atoms. The Morgan fingerprint density at radius 3 is 2.59 bits per heavy atom. The molecule has 6 heteroatoms. The molecule has 4 nitrogen and oxygen atoms in total. The third-order valence-corrected chi connectivity index (χ3v) is 6.80. The number of thiophene rings is 1. The minimum Gasteiger partial charge on any atom is -0.309 e. The van der Waals surface area contributed by atoms with Gasteiger partial charge in [0.15, 0.2) is 0 Å². The molecule has 4 rings (SSSR count).